The lowest BCUT2D eigenvalue weighted by atomic mass is 10.1. The van der Waals surface area contributed by atoms with Gasteiger partial charge in [-0.15, -0.1) is 0 Å². The highest BCUT2D eigenvalue weighted by atomic mass is 35.5. The van der Waals surface area contributed by atoms with Crippen molar-refractivity contribution in [3.63, 3.8) is 0 Å². The molecule has 2 aromatic rings. The molecule has 0 aliphatic rings. The third-order valence-corrected chi connectivity index (χ3v) is 5.21. The van der Waals surface area contributed by atoms with Gasteiger partial charge in [-0.25, -0.2) is 0 Å². The molecule has 156 valence electrons. The highest BCUT2D eigenvalue weighted by molar-refractivity contribution is 6.30. The second-order valence-corrected chi connectivity index (χ2v) is 7.82. The molecule has 1 N–H and O–H groups in total. The Kier molecular flexibility index (Phi) is 9.20. The lowest BCUT2D eigenvalue weighted by Gasteiger charge is -2.31. The van der Waals surface area contributed by atoms with Crippen LogP contribution in [0.5, 0.6) is 0 Å². The van der Waals surface area contributed by atoms with Gasteiger partial charge in [0.2, 0.25) is 11.8 Å². The van der Waals surface area contributed by atoms with Crippen molar-refractivity contribution >= 4 is 23.4 Å². The van der Waals surface area contributed by atoms with Gasteiger partial charge in [0.15, 0.2) is 0 Å². The number of hydrogen-bond acceptors (Lipinski definition) is 2. The Bertz CT molecular complexity index is 788. The van der Waals surface area contributed by atoms with Crippen molar-refractivity contribution in [3.05, 3.63) is 70.2 Å². The molecule has 4 nitrogen and oxygen atoms in total. The van der Waals surface area contributed by atoms with Gasteiger partial charge in [-0.05, 0) is 43.0 Å². The molecule has 0 aliphatic heterocycles. The molecule has 0 fully saturated rings. The van der Waals surface area contributed by atoms with Crippen LogP contribution in [0.15, 0.2) is 48.5 Å². The van der Waals surface area contributed by atoms with Gasteiger partial charge in [0, 0.05) is 18.1 Å². The molecule has 5 heteroatoms. The summed E-state index contributed by atoms with van der Waals surface area (Å²) >= 11 is 6.00. The molecule has 2 aromatic carbocycles. The average molecular weight is 415 g/mol. The van der Waals surface area contributed by atoms with E-state index in [0.717, 1.165) is 29.5 Å². The van der Waals surface area contributed by atoms with Gasteiger partial charge in [0.25, 0.3) is 0 Å². The summed E-state index contributed by atoms with van der Waals surface area (Å²) in [7, 11) is 0. The molecule has 1 atom stereocenters. The predicted octanol–water partition coefficient (Wildman–Crippen LogP) is 4.91. The van der Waals surface area contributed by atoms with Crippen LogP contribution in [0, 0.1) is 6.92 Å². The van der Waals surface area contributed by atoms with Gasteiger partial charge in [0.1, 0.15) is 6.04 Å². The average Bonchev–Trinajstić information content (AvgIpc) is 2.71. The van der Waals surface area contributed by atoms with Crippen molar-refractivity contribution in [2.24, 2.45) is 0 Å². The molecule has 0 radical (unpaired) electrons. The number of nitrogens with one attached hydrogen (secondary N) is 1. The van der Waals surface area contributed by atoms with Crippen LogP contribution in [0.4, 0.5) is 0 Å². The summed E-state index contributed by atoms with van der Waals surface area (Å²) in [5.74, 6) is -0.145. The fourth-order valence-corrected chi connectivity index (χ4v) is 3.32. The van der Waals surface area contributed by atoms with Crippen molar-refractivity contribution in [3.8, 4) is 0 Å². The smallest absolute Gasteiger partial charge is 0.242 e. The Morgan fingerprint density at radius 2 is 1.62 bits per heavy atom. The maximum absolute atomic E-state index is 13.2. The number of aryl methyl sites for hydroxylation is 1. The topological polar surface area (TPSA) is 49.4 Å². The fraction of sp³-hybridized carbons (Fsp3) is 0.417. The molecular formula is C24H31ClN2O2. The van der Waals surface area contributed by atoms with E-state index < -0.39 is 6.04 Å². The molecule has 0 bridgehead atoms. The first-order chi connectivity index (χ1) is 13.9. The number of benzene rings is 2. The summed E-state index contributed by atoms with van der Waals surface area (Å²) in [5, 5.41) is 3.63. The number of halogens is 1. The largest absolute Gasteiger partial charge is 0.354 e. The molecule has 2 rings (SSSR count). The highest BCUT2D eigenvalue weighted by Gasteiger charge is 2.28. The lowest BCUT2D eigenvalue weighted by molar-refractivity contribution is -0.140. The molecule has 0 aliphatic carbocycles. The maximum atomic E-state index is 13.2. The Labute approximate surface area is 179 Å². The van der Waals surface area contributed by atoms with Crippen LogP contribution in [0.25, 0.3) is 0 Å². The summed E-state index contributed by atoms with van der Waals surface area (Å²) in [6, 6.07) is 14.9. The first-order valence-electron chi connectivity index (χ1n) is 10.3. The van der Waals surface area contributed by atoms with Gasteiger partial charge in [-0.1, -0.05) is 73.8 Å². The first-order valence-corrected chi connectivity index (χ1v) is 10.7. The Morgan fingerprint density at radius 1 is 1.00 bits per heavy atom. The van der Waals surface area contributed by atoms with Crippen LogP contribution >= 0.6 is 11.6 Å². The van der Waals surface area contributed by atoms with E-state index in [-0.39, 0.29) is 18.2 Å². The van der Waals surface area contributed by atoms with E-state index in [4.69, 9.17) is 11.6 Å². The predicted molar refractivity (Wildman–Crippen MR) is 119 cm³/mol. The summed E-state index contributed by atoms with van der Waals surface area (Å²) in [6.07, 6.45) is 2.77. The molecule has 29 heavy (non-hydrogen) atoms. The lowest BCUT2D eigenvalue weighted by Crippen LogP contribution is -2.49. The minimum absolute atomic E-state index is 0.0544. The molecule has 0 heterocycles. The third-order valence-electron chi connectivity index (χ3n) is 4.96. The standard InChI is InChI=1S/C24H31ClN2O2/c1-4-6-15-26-24(29)22(5-2)27(17-20-11-13-21(25)14-12-20)23(28)16-19-9-7-18(3)8-10-19/h7-14,22H,4-6,15-17H2,1-3H3,(H,26,29)/t22-/m1/s1. The van der Waals surface area contributed by atoms with Crippen molar-refractivity contribution in [1.82, 2.24) is 10.2 Å². The molecular weight excluding hydrogens is 384 g/mol. The van der Waals surface area contributed by atoms with Crippen molar-refractivity contribution in [2.45, 2.75) is 59.0 Å². The van der Waals surface area contributed by atoms with Gasteiger partial charge in [0.05, 0.1) is 6.42 Å². The van der Waals surface area contributed by atoms with Crippen LogP contribution < -0.4 is 5.32 Å². The van der Waals surface area contributed by atoms with E-state index in [2.05, 4.69) is 12.2 Å². The number of rotatable bonds is 10. The Hall–Kier alpha value is -2.33. The SMILES string of the molecule is CCCCNC(=O)[C@@H](CC)N(Cc1ccc(Cl)cc1)C(=O)Cc1ccc(C)cc1. The zero-order valence-corrected chi connectivity index (χ0v) is 18.3. The van der Waals surface area contributed by atoms with Crippen molar-refractivity contribution < 1.29 is 9.59 Å². The number of nitrogens with zero attached hydrogens (tertiary/aromatic N) is 1. The highest BCUT2D eigenvalue weighted by Crippen LogP contribution is 2.17. The number of carbonyl (C=O) groups excluding carboxylic acids is 2. The molecule has 0 saturated carbocycles. The van der Waals surface area contributed by atoms with Crippen LogP contribution in [-0.2, 0) is 22.6 Å². The van der Waals surface area contributed by atoms with Crippen molar-refractivity contribution in [2.75, 3.05) is 6.54 Å². The van der Waals surface area contributed by atoms with E-state index in [1.54, 1.807) is 4.90 Å². The Balaban J connectivity index is 2.22. The summed E-state index contributed by atoms with van der Waals surface area (Å²) in [4.78, 5) is 27.7. The zero-order valence-electron chi connectivity index (χ0n) is 17.6. The molecule has 0 spiro atoms. The van der Waals surface area contributed by atoms with Gasteiger partial charge < -0.3 is 10.2 Å². The van der Waals surface area contributed by atoms with E-state index in [1.807, 2.05) is 62.4 Å². The normalized spacial score (nSPS) is 11.7. The first kappa shape index (κ1) is 23.0. The van der Waals surface area contributed by atoms with Crippen molar-refractivity contribution in [1.29, 1.82) is 0 Å². The number of amides is 2. The monoisotopic (exact) mass is 414 g/mol. The van der Waals surface area contributed by atoms with E-state index in [1.165, 1.54) is 0 Å². The zero-order chi connectivity index (χ0) is 21.2. The van der Waals surface area contributed by atoms with Gasteiger partial charge >= 0.3 is 0 Å². The second kappa shape index (κ2) is 11.6. The second-order valence-electron chi connectivity index (χ2n) is 7.38. The molecule has 2 amide bonds. The molecule has 0 aromatic heterocycles. The van der Waals surface area contributed by atoms with Gasteiger partial charge in [-0.2, -0.15) is 0 Å². The minimum Gasteiger partial charge on any atom is -0.354 e. The van der Waals surface area contributed by atoms with Crippen LogP contribution in [-0.4, -0.2) is 29.3 Å². The summed E-state index contributed by atoms with van der Waals surface area (Å²) in [6.45, 7) is 7.06. The van der Waals surface area contributed by atoms with Crippen LogP contribution in [0.2, 0.25) is 5.02 Å². The van der Waals surface area contributed by atoms with E-state index in [9.17, 15) is 9.59 Å². The number of carbonyl (C=O) groups is 2. The Morgan fingerprint density at radius 3 is 2.21 bits per heavy atom. The number of hydrogen-bond donors (Lipinski definition) is 1. The summed E-state index contributed by atoms with van der Waals surface area (Å²) in [5.41, 5.74) is 3.05. The van der Waals surface area contributed by atoms with E-state index in [0.29, 0.717) is 24.5 Å². The molecule has 0 saturated heterocycles. The minimum atomic E-state index is -0.500. The fourth-order valence-electron chi connectivity index (χ4n) is 3.19. The van der Waals surface area contributed by atoms with E-state index >= 15 is 0 Å². The summed E-state index contributed by atoms with van der Waals surface area (Å²) < 4.78 is 0. The van der Waals surface area contributed by atoms with Crippen LogP contribution in [0.3, 0.4) is 0 Å². The van der Waals surface area contributed by atoms with Gasteiger partial charge in [-0.3, -0.25) is 9.59 Å². The maximum Gasteiger partial charge on any atom is 0.242 e. The molecule has 0 unspecified atom stereocenters. The third kappa shape index (κ3) is 7.21. The quantitative estimate of drug-likeness (QED) is 0.561. The van der Waals surface area contributed by atoms with Crippen LogP contribution in [0.1, 0.15) is 49.8 Å². The number of unbranched alkanes of at least 4 members (excludes halogenated alkanes) is 1.